The van der Waals surface area contributed by atoms with Gasteiger partial charge in [0.15, 0.2) is 0 Å². The minimum atomic E-state index is 0.144. The highest BCUT2D eigenvalue weighted by molar-refractivity contribution is 5.75. The zero-order valence-corrected chi connectivity index (χ0v) is 12.6. The molecule has 21 heavy (non-hydrogen) atoms. The fourth-order valence-corrected chi connectivity index (χ4v) is 2.01. The molecular weight excluding hydrogens is 262 g/mol. The van der Waals surface area contributed by atoms with Crippen molar-refractivity contribution in [2.45, 2.75) is 19.4 Å². The lowest BCUT2D eigenvalue weighted by Crippen LogP contribution is -2.21. The second-order valence-electron chi connectivity index (χ2n) is 5.21. The van der Waals surface area contributed by atoms with Gasteiger partial charge in [0.05, 0.1) is 0 Å². The van der Waals surface area contributed by atoms with E-state index in [1.165, 1.54) is 0 Å². The van der Waals surface area contributed by atoms with Gasteiger partial charge in [-0.05, 0) is 29.7 Å². The Morgan fingerprint density at radius 2 is 1.71 bits per heavy atom. The molecule has 1 amide bonds. The summed E-state index contributed by atoms with van der Waals surface area (Å²) in [4.78, 5) is 13.2. The van der Waals surface area contributed by atoms with E-state index >= 15 is 0 Å². The van der Waals surface area contributed by atoms with E-state index in [4.69, 9.17) is 4.74 Å². The van der Waals surface area contributed by atoms with E-state index in [9.17, 15) is 4.79 Å². The number of ether oxygens (including phenoxy) is 1. The Morgan fingerprint density at radius 1 is 1.00 bits per heavy atom. The quantitative estimate of drug-likeness (QED) is 0.814. The van der Waals surface area contributed by atoms with Gasteiger partial charge in [0.25, 0.3) is 0 Å². The molecule has 0 saturated carbocycles. The number of amides is 1. The van der Waals surface area contributed by atoms with Crippen LogP contribution in [-0.2, 0) is 17.8 Å². The Kier molecular flexibility index (Phi) is 5.38. The number of carbonyl (C=O) groups is 1. The highest BCUT2D eigenvalue weighted by atomic mass is 16.5. The zero-order valence-electron chi connectivity index (χ0n) is 12.6. The van der Waals surface area contributed by atoms with E-state index in [1.54, 1.807) is 19.0 Å². The van der Waals surface area contributed by atoms with E-state index in [0.717, 1.165) is 23.3 Å². The van der Waals surface area contributed by atoms with Crippen LogP contribution >= 0.6 is 0 Å². The molecule has 0 radical (unpaired) electrons. The normalized spacial score (nSPS) is 10.2. The van der Waals surface area contributed by atoms with Crippen LogP contribution < -0.4 is 4.74 Å². The predicted molar refractivity (Wildman–Crippen MR) is 84.2 cm³/mol. The first-order chi connectivity index (χ1) is 10.1. The molecule has 3 heteroatoms. The molecule has 0 N–H and O–H groups in total. The van der Waals surface area contributed by atoms with Crippen LogP contribution in [0.4, 0.5) is 0 Å². The Labute approximate surface area is 126 Å². The maximum atomic E-state index is 11.6. The molecule has 0 fully saturated rings. The van der Waals surface area contributed by atoms with Crippen LogP contribution in [0.2, 0.25) is 0 Å². The summed E-state index contributed by atoms with van der Waals surface area (Å²) in [6.07, 6.45) is 1.26. The molecule has 0 bridgehead atoms. The molecule has 0 aliphatic carbocycles. The van der Waals surface area contributed by atoms with Gasteiger partial charge < -0.3 is 9.64 Å². The van der Waals surface area contributed by atoms with Crippen LogP contribution in [0.25, 0.3) is 0 Å². The molecule has 2 rings (SSSR count). The summed E-state index contributed by atoms with van der Waals surface area (Å²) in [6.45, 7) is 0.556. The maximum absolute atomic E-state index is 11.6. The van der Waals surface area contributed by atoms with Crippen molar-refractivity contribution in [2.24, 2.45) is 0 Å². The van der Waals surface area contributed by atoms with Gasteiger partial charge in [-0.3, -0.25) is 4.79 Å². The summed E-state index contributed by atoms with van der Waals surface area (Å²) in [5.41, 5.74) is 2.27. The second-order valence-corrected chi connectivity index (χ2v) is 5.21. The second kappa shape index (κ2) is 7.48. The van der Waals surface area contributed by atoms with Crippen molar-refractivity contribution in [2.75, 3.05) is 14.1 Å². The molecule has 0 atom stereocenters. The van der Waals surface area contributed by atoms with E-state index in [0.29, 0.717) is 13.0 Å². The predicted octanol–water partition coefficient (Wildman–Crippen LogP) is 3.29. The molecule has 2 aromatic rings. The van der Waals surface area contributed by atoms with Crippen molar-refractivity contribution < 1.29 is 9.53 Å². The minimum Gasteiger partial charge on any atom is -0.489 e. The van der Waals surface area contributed by atoms with Crippen molar-refractivity contribution in [1.29, 1.82) is 0 Å². The SMILES string of the molecule is CN(C)C(=O)CCc1cccc(OCc2ccccc2)c1. The van der Waals surface area contributed by atoms with Gasteiger partial charge in [-0.1, -0.05) is 42.5 Å². The summed E-state index contributed by atoms with van der Waals surface area (Å²) in [5.74, 6) is 0.985. The van der Waals surface area contributed by atoms with E-state index in [2.05, 4.69) is 0 Å². The Bertz CT molecular complexity index is 579. The van der Waals surface area contributed by atoms with Gasteiger partial charge >= 0.3 is 0 Å². The zero-order chi connectivity index (χ0) is 15.1. The summed E-state index contributed by atoms with van der Waals surface area (Å²) in [6, 6.07) is 18.0. The van der Waals surface area contributed by atoms with Gasteiger partial charge in [0, 0.05) is 20.5 Å². The van der Waals surface area contributed by atoms with Crippen molar-refractivity contribution >= 4 is 5.91 Å². The lowest BCUT2D eigenvalue weighted by molar-refractivity contribution is -0.128. The number of nitrogens with zero attached hydrogens (tertiary/aromatic N) is 1. The largest absolute Gasteiger partial charge is 0.489 e. The molecule has 0 aliphatic rings. The number of carbonyl (C=O) groups excluding carboxylic acids is 1. The molecule has 110 valence electrons. The molecule has 0 saturated heterocycles. The van der Waals surface area contributed by atoms with Gasteiger partial charge in [-0.2, -0.15) is 0 Å². The third-order valence-corrected chi connectivity index (χ3v) is 3.27. The highest BCUT2D eigenvalue weighted by Crippen LogP contribution is 2.16. The Balaban J connectivity index is 1.90. The van der Waals surface area contributed by atoms with E-state index in [1.807, 2.05) is 54.6 Å². The average Bonchev–Trinajstić information content (AvgIpc) is 2.52. The number of hydrogen-bond donors (Lipinski definition) is 0. The van der Waals surface area contributed by atoms with Crippen LogP contribution in [0.3, 0.4) is 0 Å². The van der Waals surface area contributed by atoms with Crippen molar-refractivity contribution in [3.8, 4) is 5.75 Å². The molecule has 0 aliphatic heterocycles. The van der Waals surface area contributed by atoms with Gasteiger partial charge in [0.2, 0.25) is 5.91 Å². The highest BCUT2D eigenvalue weighted by Gasteiger charge is 2.05. The Morgan fingerprint density at radius 3 is 2.43 bits per heavy atom. The molecular formula is C18H21NO2. The van der Waals surface area contributed by atoms with Crippen molar-refractivity contribution in [3.63, 3.8) is 0 Å². The van der Waals surface area contributed by atoms with E-state index in [-0.39, 0.29) is 5.91 Å². The number of hydrogen-bond acceptors (Lipinski definition) is 2. The van der Waals surface area contributed by atoms with Crippen LogP contribution in [0, 0.1) is 0 Å². The molecule has 3 nitrogen and oxygen atoms in total. The van der Waals surface area contributed by atoms with Crippen LogP contribution in [0.1, 0.15) is 17.5 Å². The summed E-state index contributed by atoms with van der Waals surface area (Å²) < 4.78 is 5.79. The number of rotatable bonds is 6. The van der Waals surface area contributed by atoms with Gasteiger partial charge in [0.1, 0.15) is 12.4 Å². The third kappa shape index (κ3) is 4.95. The smallest absolute Gasteiger partial charge is 0.222 e. The Hall–Kier alpha value is -2.29. The molecule has 0 aromatic heterocycles. The lowest BCUT2D eigenvalue weighted by atomic mass is 10.1. The summed E-state index contributed by atoms with van der Waals surface area (Å²) >= 11 is 0. The van der Waals surface area contributed by atoms with Crippen molar-refractivity contribution in [1.82, 2.24) is 4.90 Å². The topological polar surface area (TPSA) is 29.5 Å². The van der Waals surface area contributed by atoms with E-state index < -0.39 is 0 Å². The van der Waals surface area contributed by atoms with Crippen LogP contribution in [0.15, 0.2) is 54.6 Å². The van der Waals surface area contributed by atoms with Crippen LogP contribution in [0.5, 0.6) is 5.75 Å². The first kappa shape index (κ1) is 15.1. The van der Waals surface area contributed by atoms with Crippen LogP contribution in [-0.4, -0.2) is 24.9 Å². The summed E-state index contributed by atoms with van der Waals surface area (Å²) in [5, 5.41) is 0. The lowest BCUT2D eigenvalue weighted by Gasteiger charge is -2.11. The monoisotopic (exact) mass is 283 g/mol. The number of benzene rings is 2. The number of aryl methyl sites for hydroxylation is 1. The standard InChI is InChI=1S/C18H21NO2/c1-19(2)18(20)12-11-15-9-6-10-17(13-15)21-14-16-7-4-3-5-8-16/h3-10,13H,11-12,14H2,1-2H3. The average molecular weight is 283 g/mol. The summed E-state index contributed by atoms with van der Waals surface area (Å²) in [7, 11) is 3.56. The fourth-order valence-electron chi connectivity index (χ4n) is 2.01. The third-order valence-electron chi connectivity index (χ3n) is 3.27. The maximum Gasteiger partial charge on any atom is 0.222 e. The molecule has 2 aromatic carbocycles. The van der Waals surface area contributed by atoms with Crippen molar-refractivity contribution in [3.05, 3.63) is 65.7 Å². The fraction of sp³-hybridized carbons (Fsp3) is 0.278. The molecule has 0 heterocycles. The minimum absolute atomic E-state index is 0.144. The van der Waals surface area contributed by atoms with Gasteiger partial charge in [-0.25, -0.2) is 0 Å². The van der Waals surface area contributed by atoms with Gasteiger partial charge in [-0.15, -0.1) is 0 Å². The first-order valence-corrected chi connectivity index (χ1v) is 7.11. The molecule has 0 unspecified atom stereocenters. The first-order valence-electron chi connectivity index (χ1n) is 7.11. The molecule has 0 spiro atoms.